The number of hydrogen-bond donors (Lipinski definition) is 2. The quantitative estimate of drug-likeness (QED) is 0.387. The lowest BCUT2D eigenvalue weighted by atomic mass is 10.0. The maximum atomic E-state index is 8.67. The van der Waals surface area contributed by atoms with Crippen LogP contribution in [0.25, 0.3) is 0 Å². The van der Waals surface area contributed by atoms with Gasteiger partial charge in [0.15, 0.2) is 5.84 Å². The van der Waals surface area contributed by atoms with Gasteiger partial charge in [0.25, 0.3) is 0 Å². The predicted molar refractivity (Wildman–Crippen MR) is 80.8 cm³/mol. The Labute approximate surface area is 124 Å². The van der Waals surface area contributed by atoms with E-state index in [0.717, 1.165) is 31.9 Å². The monoisotopic (exact) mass is 297 g/mol. The molecular weight excluding hydrogens is 278 g/mol. The molecule has 5 nitrogen and oxygen atoms in total. The molecule has 3 N–H and O–H groups in total. The maximum absolute atomic E-state index is 8.67. The first-order valence-corrected chi connectivity index (χ1v) is 7.06. The molecule has 1 heterocycles. The highest BCUT2D eigenvalue weighted by atomic mass is 35.5. The SMILES string of the molecule is CN(CC1CCCOC1)c1ccc(C(N)=NO)cc1Cl. The highest BCUT2D eigenvalue weighted by Crippen LogP contribution is 2.27. The van der Waals surface area contributed by atoms with Crippen molar-refractivity contribution in [1.29, 1.82) is 0 Å². The first-order valence-electron chi connectivity index (χ1n) is 6.68. The van der Waals surface area contributed by atoms with Crippen LogP contribution in [0.15, 0.2) is 23.4 Å². The van der Waals surface area contributed by atoms with Gasteiger partial charge in [0.05, 0.1) is 17.3 Å². The Balaban J connectivity index is 2.07. The van der Waals surface area contributed by atoms with Crippen LogP contribution < -0.4 is 10.6 Å². The van der Waals surface area contributed by atoms with Crippen molar-refractivity contribution < 1.29 is 9.94 Å². The van der Waals surface area contributed by atoms with Crippen LogP contribution in [0.5, 0.6) is 0 Å². The van der Waals surface area contributed by atoms with Crippen molar-refractivity contribution in [2.75, 3.05) is 31.7 Å². The molecule has 1 saturated heterocycles. The number of nitrogens with zero attached hydrogens (tertiary/aromatic N) is 2. The molecule has 1 unspecified atom stereocenters. The van der Waals surface area contributed by atoms with Gasteiger partial charge in [-0.25, -0.2) is 0 Å². The van der Waals surface area contributed by atoms with E-state index in [1.165, 1.54) is 6.42 Å². The molecule has 0 saturated carbocycles. The van der Waals surface area contributed by atoms with Crippen LogP contribution in [0.1, 0.15) is 18.4 Å². The van der Waals surface area contributed by atoms with Crippen LogP contribution in [0, 0.1) is 5.92 Å². The zero-order chi connectivity index (χ0) is 14.5. The second-order valence-electron chi connectivity index (χ2n) is 5.12. The van der Waals surface area contributed by atoms with Gasteiger partial charge in [0.2, 0.25) is 0 Å². The van der Waals surface area contributed by atoms with Crippen molar-refractivity contribution in [2.24, 2.45) is 16.8 Å². The summed E-state index contributed by atoms with van der Waals surface area (Å²) in [6.45, 7) is 2.59. The Morgan fingerprint density at radius 2 is 2.40 bits per heavy atom. The van der Waals surface area contributed by atoms with E-state index < -0.39 is 0 Å². The lowest BCUT2D eigenvalue weighted by Crippen LogP contribution is -2.31. The van der Waals surface area contributed by atoms with Gasteiger partial charge in [0.1, 0.15) is 0 Å². The van der Waals surface area contributed by atoms with Gasteiger partial charge in [-0.2, -0.15) is 0 Å². The number of anilines is 1. The standard InChI is InChI=1S/C14H20ClN3O2/c1-18(8-10-3-2-6-20-9-10)13-5-4-11(7-12(13)15)14(16)17-19/h4-5,7,10,19H,2-3,6,8-9H2,1H3,(H2,16,17). The summed E-state index contributed by atoms with van der Waals surface area (Å²) in [6, 6.07) is 5.39. The Morgan fingerprint density at radius 3 is 3.00 bits per heavy atom. The van der Waals surface area contributed by atoms with E-state index in [1.807, 2.05) is 13.1 Å². The molecule has 110 valence electrons. The Hall–Kier alpha value is -1.46. The van der Waals surface area contributed by atoms with Gasteiger partial charge in [-0.05, 0) is 37.0 Å². The lowest BCUT2D eigenvalue weighted by Gasteiger charge is -2.29. The Kier molecular flexibility index (Phi) is 5.09. The second kappa shape index (κ2) is 6.81. The van der Waals surface area contributed by atoms with Crippen LogP contribution >= 0.6 is 11.6 Å². The van der Waals surface area contributed by atoms with Gasteiger partial charge >= 0.3 is 0 Å². The largest absolute Gasteiger partial charge is 0.409 e. The molecule has 20 heavy (non-hydrogen) atoms. The Bertz CT molecular complexity index is 487. The second-order valence-corrected chi connectivity index (χ2v) is 5.52. The molecule has 1 aliphatic heterocycles. The zero-order valence-electron chi connectivity index (χ0n) is 11.6. The van der Waals surface area contributed by atoms with Crippen molar-refractivity contribution in [1.82, 2.24) is 0 Å². The molecule has 1 aromatic rings. The van der Waals surface area contributed by atoms with Gasteiger partial charge in [0, 0.05) is 25.8 Å². The fourth-order valence-electron chi connectivity index (χ4n) is 2.47. The third kappa shape index (κ3) is 3.55. The van der Waals surface area contributed by atoms with Crippen LogP contribution in [-0.4, -0.2) is 37.8 Å². The molecule has 6 heteroatoms. The summed E-state index contributed by atoms with van der Waals surface area (Å²) in [5, 5.41) is 12.2. The van der Waals surface area contributed by atoms with Gasteiger partial charge in [-0.3, -0.25) is 0 Å². The van der Waals surface area contributed by atoms with E-state index in [2.05, 4.69) is 10.1 Å². The smallest absolute Gasteiger partial charge is 0.170 e. The first-order chi connectivity index (χ1) is 9.61. The highest BCUT2D eigenvalue weighted by Gasteiger charge is 2.17. The van der Waals surface area contributed by atoms with Crippen LogP contribution in [0.2, 0.25) is 5.02 Å². The van der Waals surface area contributed by atoms with Gasteiger partial charge in [-0.1, -0.05) is 16.8 Å². The molecule has 1 fully saturated rings. The van der Waals surface area contributed by atoms with E-state index in [4.69, 9.17) is 27.3 Å². The van der Waals surface area contributed by atoms with Crippen LogP contribution in [0.4, 0.5) is 5.69 Å². The molecule has 2 rings (SSSR count). The summed E-state index contributed by atoms with van der Waals surface area (Å²) in [4.78, 5) is 2.12. The van der Waals surface area contributed by atoms with E-state index in [9.17, 15) is 0 Å². The number of ether oxygens (including phenoxy) is 1. The fraction of sp³-hybridized carbons (Fsp3) is 0.500. The normalized spacial score (nSPS) is 19.9. The molecule has 0 spiro atoms. The summed E-state index contributed by atoms with van der Waals surface area (Å²) in [6.07, 6.45) is 2.30. The number of oxime groups is 1. The number of amidine groups is 1. The Morgan fingerprint density at radius 1 is 1.60 bits per heavy atom. The van der Waals surface area contributed by atoms with E-state index >= 15 is 0 Å². The third-order valence-electron chi connectivity index (χ3n) is 3.55. The molecule has 0 amide bonds. The maximum Gasteiger partial charge on any atom is 0.170 e. The summed E-state index contributed by atoms with van der Waals surface area (Å²) in [7, 11) is 2.01. The number of halogens is 1. The molecule has 0 radical (unpaired) electrons. The van der Waals surface area contributed by atoms with Crippen molar-refractivity contribution in [2.45, 2.75) is 12.8 Å². The van der Waals surface area contributed by atoms with Crippen molar-refractivity contribution in [3.8, 4) is 0 Å². The first kappa shape index (κ1) is 14.9. The lowest BCUT2D eigenvalue weighted by molar-refractivity contribution is 0.0576. The third-order valence-corrected chi connectivity index (χ3v) is 3.85. The predicted octanol–water partition coefficient (Wildman–Crippen LogP) is 2.30. The number of rotatable bonds is 4. The molecule has 0 bridgehead atoms. The summed E-state index contributed by atoms with van der Waals surface area (Å²) in [5.41, 5.74) is 7.09. The molecule has 1 atom stereocenters. The summed E-state index contributed by atoms with van der Waals surface area (Å²) < 4.78 is 5.49. The van der Waals surface area contributed by atoms with E-state index in [0.29, 0.717) is 16.5 Å². The summed E-state index contributed by atoms with van der Waals surface area (Å²) >= 11 is 6.28. The molecule has 1 aromatic carbocycles. The minimum Gasteiger partial charge on any atom is -0.409 e. The minimum absolute atomic E-state index is 0.0572. The molecule has 0 aliphatic carbocycles. The minimum atomic E-state index is 0.0572. The van der Waals surface area contributed by atoms with E-state index in [1.54, 1.807) is 12.1 Å². The topological polar surface area (TPSA) is 71.1 Å². The van der Waals surface area contributed by atoms with E-state index in [-0.39, 0.29) is 5.84 Å². The van der Waals surface area contributed by atoms with Crippen molar-refractivity contribution in [3.63, 3.8) is 0 Å². The highest BCUT2D eigenvalue weighted by molar-refractivity contribution is 6.33. The molecule has 1 aliphatic rings. The molecular formula is C14H20ClN3O2. The van der Waals surface area contributed by atoms with Gasteiger partial charge < -0.3 is 20.6 Å². The van der Waals surface area contributed by atoms with Gasteiger partial charge in [-0.15, -0.1) is 0 Å². The number of benzene rings is 1. The zero-order valence-corrected chi connectivity index (χ0v) is 12.3. The fourth-order valence-corrected chi connectivity index (χ4v) is 2.80. The molecule has 0 aromatic heterocycles. The van der Waals surface area contributed by atoms with Crippen LogP contribution in [0.3, 0.4) is 0 Å². The van der Waals surface area contributed by atoms with Crippen molar-refractivity contribution in [3.05, 3.63) is 28.8 Å². The number of hydrogen-bond acceptors (Lipinski definition) is 4. The van der Waals surface area contributed by atoms with Crippen LogP contribution in [-0.2, 0) is 4.74 Å². The average molecular weight is 298 g/mol. The number of nitrogens with two attached hydrogens (primary N) is 1. The van der Waals surface area contributed by atoms with Crippen molar-refractivity contribution >= 4 is 23.1 Å². The average Bonchev–Trinajstić information content (AvgIpc) is 2.47. The summed E-state index contributed by atoms with van der Waals surface area (Å²) in [5.74, 6) is 0.593.